The first-order chi connectivity index (χ1) is 10.4. The van der Waals surface area contributed by atoms with Gasteiger partial charge in [-0.25, -0.2) is 0 Å². The lowest BCUT2D eigenvalue weighted by Crippen LogP contribution is -2.52. The highest BCUT2D eigenvalue weighted by Crippen LogP contribution is 2.25. The van der Waals surface area contributed by atoms with E-state index < -0.39 is 18.0 Å². The number of carbonyl (C=O) groups excluding carboxylic acids is 1. The number of amides is 1. The maximum atomic E-state index is 12.5. The molecule has 1 aliphatic heterocycles. The first-order valence-corrected chi connectivity index (χ1v) is 8.15. The Kier molecular flexibility index (Phi) is 5.45. The summed E-state index contributed by atoms with van der Waals surface area (Å²) >= 11 is 3.34. The third-order valence-electron chi connectivity index (χ3n) is 4.06. The summed E-state index contributed by atoms with van der Waals surface area (Å²) in [4.78, 5) is 25.4. The first-order valence-electron chi connectivity index (χ1n) is 7.35. The predicted octanol–water partition coefficient (Wildman–Crippen LogP) is 2.93. The minimum Gasteiger partial charge on any atom is -0.481 e. The lowest BCUT2D eigenvalue weighted by molar-refractivity contribution is -0.151. The molecular formula is C16H20BrNO4. The molecule has 0 radical (unpaired) electrons. The van der Waals surface area contributed by atoms with Crippen LogP contribution in [-0.2, 0) is 9.59 Å². The number of hydrogen-bond acceptors (Lipinski definition) is 3. The second-order valence-corrected chi connectivity index (χ2v) is 6.49. The Labute approximate surface area is 138 Å². The molecule has 1 unspecified atom stereocenters. The number of nitrogens with zero attached hydrogens (tertiary/aromatic N) is 1. The number of hydrogen-bond donors (Lipinski definition) is 1. The molecule has 3 atom stereocenters. The Morgan fingerprint density at radius 1 is 1.36 bits per heavy atom. The van der Waals surface area contributed by atoms with Crippen LogP contribution in [0.1, 0.15) is 26.7 Å². The molecule has 1 fully saturated rings. The summed E-state index contributed by atoms with van der Waals surface area (Å²) in [6.07, 6.45) is 0.677. The predicted molar refractivity (Wildman–Crippen MR) is 85.8 cm³/mol. The van der Waals surface area contributed by atoms with Crippen molar-refractivity contribution in [3.63, 3.8) is 0 Å². The number of carbonyl (C=O) groups is 2. The van der Waals surface area contributed by atoms with Crippen molar-refractivity contribution in [2.24, 2.45) is 5.92 Å². The number of carboxylic acids is 1. The molecule has 1 saturated heterocycles. The average Bonchev–Trinajstić information content (AvgIpc) is 2.48. The Balaban J connectivity index is 2.03. The Bertz CT molecular complexity index is 546. The van der Waals surface area contributed by atoms with Gasteiger partial charge in [0.15, 0.2) is 6.10 Å². The number of likely N-dealkylation sites (tertiary alicyclic amines) is 1. The number of carboxylic acid groups (broad SMARTS) is 1. The van der Waals surface area contributed by atoms with Crippen LogP contribution in [-0.4, -0.2) is 40.6 Å². The second kappa shape index (κ2) is 7.13. The Morgan fingerprint density at radius 2 is 2.00 bits per heavy atom. The van der Waals surface area contributed by atoms with Gasteiger partial charge in [0, 0.05) is 17.1 Å². The van der Waals surface area contributed by atoms with Crippen LogP contribution in [0.25, 0.3) is 0 Å². The van der Waals surface area contributed by atoms with E-state index in [2.05, 4.69) is 15.9 Å². The van der Waals surface area contributed by atoms with E-state index in [0.29, 0.717) is 25.1 Å². The molecule has 0 aliphatic carbocycles. The molecule has 0 bridgehead atoms. The largest absolute Gasteiger partial charge is 0.481 e. The SMILES string of the molecule is CC(Oc1ccc(Br)cc1)C(=O)N1CCC[C@H](C(=O)O)[C@@H]1C. The molecule has 1 heterocycles. The smallest absolute Gasteiger partial charge is 0.308 e. The van der Waals surface area contributed by atoms with Crippen LogP contribution in [0.4, 0.5) is 0 Å². The van der Waals surface area contributed by atoms with Gasteiger partial charge in [0.25, 0.3) is 5.91 Å². The lowest BCUT2D eigenvalue weighted by atomic mass is 9.90. The second-order valence-electron chi connectivity index (χ2n) is 5.57. The minimum atomic E-state index is -0.841. The van der Waals surface area contributed by atoms with Crippen LogP contribution >= 0.6 is 15.9 Å². The van der Waals surface area contributed by atoms with Gasteiger partial charge in [0.1, 0.15) is 5.75 Å². The van der Waals surface area contributed by atoms with Gasteiger partial charge in [-0.1, -0.05) is 15.9 Å². The van der Waals surface area contributed by atoms with E-state index in [1.54, 1.807) is 30.9 Å². The van der Waals surface area contributed by atoms with Crippen molar-refractivity contribution in [3.05, 3.63) is 28.7 Å². The summed E-state index contributed by atoms with van der Waals surface area (Å²) in [7, 11) is 0. The molecule has 1 aromatic carbocycles. The van der Waals surface area contributed by atoms with Gasteiger partial charge in [0.05, 0.1) is 5.92 Å². The highest BCUT2D eigenvalue weighted by atomic mass is 79.9. The third kappa shape index (κ3) is 3.80. The van der Waals surface area contributed by atoms with Gasteiger partial charge in [-0.3, -0.25) is 9.59 Å². The Hall–Kier alpha value is -1.56. The first kappa shape index (κ1) is 16.8. The number of piperidine rings is 1. The van der Waals surface area contributed by atoms with Crippen molar-refractivity contribution < 1.29 is 19.4 Å². The van der Waals surface area contributed by atoms with Crippen LogP contribution in [0, 0.1) is 5.92 Å². The van der Waals surface area contributed by atoms with Gasteiger partial charge in [-0.05, 0) is 51.0 Å². The van der Waals surface area contributed by atoms with Crippen molar-refractivity contribution >= 4 is 27.8 Å². The lowest BCUT2D eigenvalue weighted by Gasteiger charge is -2.38. The molecule has 1 amide bonds. The molecule has 0 aromatic heterocycles. The van der Waals surface area contributed by atoms with Crippen molar-refractivity contribution in [1.29, 1.82) is 0 Å². The molecule has 2 rings (SSSR count). The summed E-state index contributed by atoms with van der Waals surface area (Å²) in [5.74, 6) is -0.895. The number of benzene rings is 1. The number of rotatable bonds is 4. The fraction of sp³-hybridized carbons (Fsp3) is 0.500. The van der Waals surface area contributed by atoms with E-state index >= 15 is 0 Å². The number of aliphatic carboxylic acids is 1. The van der Waals surface area contributed by atoms with E-state index in [1.807, 2.05) is 12.1 Å². The van der Waals surface area contributed by atoms with E-state index in [0.717, 1.165) is 4.47 Å². The number of ether oxygens (including phenoxy) is 1. The molecular weight excluding hydrogens is 350 g/mol. The zero-order valence-corrected chi connectivity index (χ0v) is 14.2. The standard InChI is InChI=1S/C16H20BrNO4/c1-10-14(16(20)21)4-3-9-18(10)15(19)11(2)22-13-7-5-12(17)6-8-13/h5-8,10-11,14H,3-4,9H2,1-2H3,(H,20,21)/t10-,11?,14-/m0/s1. The van der Waals surface area contributed by atoms with E-state index in [-0.39, 0.29) is 11.9 Å². The highest BCUT2D eigenvalue weighted by molar-refractivity contribution is 9.10. The van der Waals surface area contributed by atoms with Crippen LogP contribution in [0.5, 0.6) is 5.75 Å². The highest BCUT2D eigenvalue weighted by Gasteiger charge is 2.37. The van der Waals surface area contributed by atoms with Crippen molar-refractivity contribution in [1.82, 2.24) is 4.90 Å². The molecule has 22 heavy (non-hydrogen) atoms. The van der Waals surface area contributed by atoms with Crippen molar-refractivity contribution in [2.45, 2.75) is 38.8 Å². The van der Waals surface area contributed by atoms with Crippen LogP contribution in [0.2, 0.25) is 0 Å². The summed E-state index contributed by atoms with van der Waals surface area (Å²) in [5, 5.41) is 9.23. The summed E-state index contributed by atoms with van der Waals surface area (Å²) in [5.41, 5.74) is 0. The van der Waals surface area contributed by atoms with E-state index in [1.165, 1.54) is 0 Å². The van der Waals surface area contributed by atoms with Gasteiger partial charge in [-0.2, -0.15) is 0 Å². The van der Waals surface area contributed by atoms with Gasteiger partial charge in [-0.15, -0.1) is 0 Å². The molecule has 0 saturated carbocycles. The molecule has 5 nitrogen and oxygen atoms in total. The fourth-order valence-corrected chi connectivity index (χ4v) is 3.05. The molecule has 120 valence electrons. The summed E-state index contributed by atoms with van der Waals surface area (Å²) in [6.45, 7) is 4.07. The molecule has 1 aliphatic rings. The average molecular weight is 370 g/mol. The number of halogens is 1. The molecule has 0 spiro atoms. The Morgan fingerprint density at radius 3 is 2.59 bits per heavy atom. The molecule has 1 N–H and O–H groups in total. The maximum Gasteiger partial charge on any atom is 0.308 e. The van der Waals surface area contributed by atoms with Crippen molar-refractivity contribution in [3.8, 4) is 5.75 Å². The van der Waals surface area contributed by atoms with Crippen molar-refractivity contribution in [2.75, 3.05) is 6.54 Å². The quantitative estimate of drug-likeness (QED) is 0.885. The van der Waals surface area contributed by atoms with Crippen LogP contribution in [0.3, 0.4) is 0 Å². The zero-order valence-electron chi connectivity index (χ0n) is 12.7. The van der Waals surface area contributed by atoms with Crippen LogP contribution in [0.15, 0.2) is 28.7 Å². The topological polar surface area (TPSA) is 66.8 Å². The minimum absolute atomic E-state index is 0.165. The molecule has 1 aromatic rings. The third-order valence-corrected chi connectivity index (χ3v) is 4.59. The van der Waals surface area contributed by atoms with E-state index in [4.69, 9.17) is 4.74 Å². The van der Waals surface area contributed by atoms with Gasteiger partial charge < -0.3 is 14.7 Å². The van der Waals surface area contributed by atoms with Crippen LogP contribution < -0.4 is 4.74 Å². The van der Waals surface area contributed by atoms with E-state index in [9.17, 15) is 14.7 Å². The molecule has 6 heteroatoms. The summed E-state index contributed by atoms with van der Waals surface area (Å²) in [6, 6.07) is 6.95. The monoisotopic (exact) mass is 369 g/mol. The van der Waals surface area contributed by atoms with Gasteiger partial charge >= 0.3 is 5.97 Å². The summed E-state index contributed by atoms with van der Waals surface area (Å²) < 4.78 is 6.61. The zero-order chi connectivity index (χ0) is 16.3. The fourth-order valence-electron chi connectivity index (χ4n) is 2.79. The normalized spacial score (nSPS) is 23.0. The maximum absolute atomic E-state index is 12.5. The van der Waals surface area contributed by atoms with Gasteiger partial charge in [0.2, 0.25) is 0 Å².